The Morgan fingerprint density at radius 1 is 1.16 bits per heavy atom. The molecule has 0 spiro atoms. The standard InChI is InChI=1S/C17H26N2/c1-14-11-15(2)13-17(12-14)16(3)5-4-8-19-9-6-18-7-10-19/h5,11-13,18H,4,6-10H2,1-3H3/b16-5+. The molecule has 1 fully saturated rings. The molecule has 0 aliphatic carbocycles. The third-order valence-corrected chi connectivity index (χ3v) is 3.78. The third-order valence-electron chi connectivity index (χ3n) is 3.78. The zero-order valence-corrected chi connectivity index (χ0v) is 12.5. The Kier molecular flexibility index (Phi) is 5.17. The lowest BCUT2D eigenvalue weighted by atomic mass is 10.0. The highest BCUT2D eigenvalue weighted by molar-refractivity contribution is 5.64. The molecule has 0 saturated carbocycles. The highest BCUT2D eigenvalue weighted by atomic mass is 15.2. The Morgan fingerprint density at radius 2 is 1.79 bits per heavy atom. The van der Waals surface area contributed by atoms with Crippen molar-refractivity contribution in [3.8, 4) is 0 Å². The molecule has 2 nitrogen and oxygen atoms in total. The molecule has 1 saturated heterocycles. The van der Waals surface area contributed by atoms with Gasteiger partial charge in [0.1, 0.15) is 0 Å². The summed E-state index contributed by atoms with van der Waals surface area (Å²) >= 11 is 0. The summed E-state index contributed by atoms with van der Waals surface area (Å²) in [6.07, 6.45) is 3.54. The maximum atomic E-state index is 3.40. The second-order valence-electron chi connectivity index (χ2n) is 5.64. The van der Waals surface area contributed by atoms with Crippen LogP contribution in [0.5, 0.6) is 0 Å². The molecule has 104 valence electrons. The van der Waals surface area contributed by atoms with Crippen LogP contribution in [-0.2, 0) is 0 Å². The first-order valence-electron chi connectivity index (χ1n) is 7.33. The summed E-state index contributed by atoms with van der Waals surface area (Å²) in [5.41, 5.74) is 5.48. The van der Waals surface area contributed by atoms with Crippen LogP contribution in [0.2, 0.25) is 0 Å². The van der Waals surface area contributed by atoms with Crippen LogP contribution in [0.4, 0.5) is 0 Å². The van der Waals surface area contributed by atoms with E-state index in [0.29, 0.717) is 0 Å². The summed E-state index contributed by atoms with van der Waals surface area (Å²) in [6, 6.07) is 6.80. The van der Waals surface area contributed by atoms with Crippen molar-refractivity contribution in [2.45, 2.75) is 27.2 Å². The van der Waals surface area contributed by atoms with Crippen molar-refractivity contribution in [2.24, 2.45) is 0 Å². The van der Waals surface area contributed by atoms with E-state index < -0.39 is 0 Å². The Balaban J connectivity index is 1.90. The molecule has 19 heavy (non-hydrogen) atoms. The van der Waals surface area contributed by atoms with Crippen molar-refractivity contribution >= 4 is 5.57 Å². The van der Waals surface area contributed by atoms with Crippen LogP contribution < -0.4 is 5.32 Å². The summed E-state index contributed by atoms with van der Waals surface area (Å²) in [7, 11) is 0. The summed E-state index contributed by atoms with van der Waals surface area (Å²) in [5.74, 6) is 0. The minimum atomic E-state index is 1.14. The number of nitrogens with zero attached hydrogens (tertiary/aromatic N) is 1. The van der Waals surface area contributed by atoms with Gasteiger partial charge in [0.05, 0.1) is 0 Å². The maximum absolute atomic E-state index is 3.40. The Hall–Kier alpha value is -1.12. The molecule has 1 aliphatic heterocycles. The van der Waals surface area contributed by atoms with E-state index in [0.717, 1.165) is 19.5 Å². The van der Waals surface area contributed by atoms with Crippen molar-refractivity contribution in [3.05, 3.63) is 41.0 Å². The second kappa shape index (κ2) is 6.88. The summed E-state index contributed by atoms with van der Waals surface area (Å²) < 4.78 is 0. The number of allylic oxidation sites excluding steroid dienone is 1. The summed E-state index contributed by atoms with van der Waals surface area (Å²) in [6.45, 7) is 12.4. The topological polar surface area (TPSA) is 15.3 Å². The lowest BCUT2D eigenvalue weighted by Crippen LogP contribution is -2.43. The molecule has 0 radical (unpaired) electrons. The molecular weight excluding hydrogens is 232 g/mol. The van der Waals surface area contributed by atoms with Gasteiger partial charge in [0.25, 0.3) is 0 Å². The molecule has 2 heteroatoms. The van der Waals surface area contributed by atoms with E-state index in [9.17, 15) is 0 Å². The van der Waals surface area contributed by atoms with E-state index in [4.69, 9.17) is 0 Å². The smallest absolute Gasteiger partial charge is 0.0107 e. The van der Waals surface area contributed by atoms with Gasteiger partial charge in [-0.15, -0.1) is 0 Å². The first-order valence-corrected chi connectivity index (χ1v) is 7.33. The van der Waals surface area contributed by atoms with Crippen LogP contribution in [0, 0.1) is 13.8 Å². The fourth-order valence-corrected chi connectivity index (χ4v) is 2.72. The van der Waals surface area contributed by atoms with E-state index in [1.54, 1.807) is 0 Å². The van der Waals surface area contributed by atoms with Crippen LogP contribution in [-0.4, -0.2) is 37.6 Å². The fourth-order valence-electron chi connectivity index (χ4n) is 2.72. The van der Waals surface area contributed by atoms with Crippen LogP contribution in [0.3, 0.4) is 0 Å². The molecule has 0 atom stereocenters. The van der Waals surface area contributed by atoms with Gasteiger partial charge >= 0.3 is 0 Å². The van der Waals surface area contributed by atoms with Gasteiger partial charge in [0.15, 0.2) is 0 Å². The van der Waals surface area contributed by atoms with Crippen molar-refractivity contribution < 1.29 is 0 Å². The van der Waals surface area contributed by atoms with Gasteiger partial charge in [0, 0.05) is 32.7 Å². The molecule has 0 unspecified atom stereocenters. The molecule has 1 aromatic rings. The molecule has 0 aromatic heterocycles. The van der Waals surface area contributed by atoms with Gasteiger partial charge in [-0.3, -0.25) is 0 Å². The van der Waals surface area contributed by atoms with Crippen molar-refractivity contribution in [1.82, 2.24) is 10.2 Å². The molecule has 1 heterocycles. The maximum Gasteiger partial charge on any atom is 0.0107 e. The van der Waals surface area contributed by atoms with E-state index in [1.165, 1.54) is 41.9 Å². The zero-order chi connectivity index (χ0) is 13.7. The lowest BCUT2D eigenvalue weighted by molar-refractivity contribution is 0.245. The number of rotatable bonds is 4. The van der Waals surface area contributed by atoms with Gasteiger partial charge in [-0.2, -0.15) is 0 Å². The molecule has 1 aromatic carbocycles. The monoisotopic (exact) mass is 258 g/mol. The highest BCUT2D eigenvalue weighted by Gasteiger charge is 2.07. The summed E-state index contributed by atoms with van der Waals surface area (Å²) in [4.78, 5) is 2.54. The van der Waals surface area contributed by atoms with Gasteiger partial charge in [-0.1, -0.05) is 35.4 Å². The van der Waals surface area contributed by atoms with Crippen LogP contribution in [0.25, 0.3) is 5.57 Å². The first kappa shape index (κ1) is 14.3. The SMILES string of the molecule is C/C(=C\CCN1CCNCC1)c1cc(C)cc(C)c1. The quantitative estimate of drug-likeness (QED) is 0.893. The number of hydrogen-bond acceptors (Lipinski definition) is 2. The van der Waals surface area contributed by atoms with E-state index in [-0.39, 0.29) is 0 Å². The van der Waals surface area contributed by atoms with Crippen molar-refractivity contribution in [3.63, 3.8) is 0 Å². The second-order valence-corrected chi connectivity index (χ2v) is 5.64. The van der Waals surface area contributed by atoms with Gasteiger partial charge in [-0.05, 0) is 38.3 Å². The van der Waals surface area contributed by atoms with Crippen LogP contribution in [0.15, 0.2) is 24.3 Å². The van der Waals surface area contributed by atoms with Crippen molar-refractivity contribution in [1.29, 1.82) is 0 Å². The van der Waals surface area contributed by atoms with Gasteiger partial charge in [0.2, 0.25) is 0 Å². The molecule has 0 bridgehead atoms. The van der Waals surface area contributed by atoms with E-state index in [1.807, 2.05) is 0 Å². The molecule has 1 aliphatic rings. The normalized spacial score (nSPS) is 17.7. The molecule has 1 N–H and O–H groups in total. The fraction of sp³-hybridized carbons (Fsp3) is 0.529. The van der Waals surface area contributed by atoms with Crippen molar-refractivity contribution in [2.75, 3.05) is 32.7 Å². The lowest BCUT2D eigenvalue weighted by Gasteiger charge is -2.26. The van der Waals surface area contributed by atoms with Crippen LogP contribution in [0.1, 0.15) is 30.0 Å². The minimum absolute atomic E-state index is 1.14. The largest absolute Gasteiger partial charge is 0.314 e. The number of aryl methyl sites for hydroxylation is 2. The Labute approximate surface area is 117 Å². The number of piperazine rings is 1. The summed E-state index contributed by atoms with van der Waals surface area (Å²) in [5, 5.41) is 3.40. The number of nitrogens with one attached hydrogen (secondary N) is 1. The average molecular weight is 258 g/mol. The molecular formula is C17H26N2. The van der Waals surface area contributed by atoms with E-state index >= 15 is 0 Å². The van der Waals surface area contributed by atoms with Crippen LogP contribution >= 0.6 is 0 Å². The Bertz CT molecular complexity index is 422. The Morgan fingerprint density at radius 3 is 2.42 bits per heavy atom. The highest BCUT2D eigenvalue weighted by Crippen LogP contribution is 2.18. The third kappa shape index (κ3) is 4.48. The minimum Gasteiger partial charge on any atom is -0.314 e. The average Bonchev–Trinajstić information content (AvgIpc) is 2.38. The van der Waals surface area contributed by atoms with Gasteiger partial charge in [-0.25, -0.2) is 0 Å². The number of hydrogen-bond donors (Lipinski definition) is 1. The van der Waals surface area contributed by atoms with E-state index in [2.05, 4.69) is 55.3 Å². The number of benzene rings is 1. The predicted molar refractivity (Wildman–Crippen MR) is 83.5 cm³/mol. The zero-order valence-electron chi connectivity index (χ0n) is 12.5. The van der Waals surface area contributed by atoms with Gasteiger partial charge < -0.3 is 10.2 Å². The first-order chi connectivity index (χ1) is 9.15. The molecule has 0 amide bonds. The predicted octanol–water partition coefficient (Wildman–Crippen LogP) is 3.00. The molecule has 2 rings (SSSR count).